The van der Waals surface area contributed by atoms with Crippen molar-refractivity contribution < 1.29 is 14.3 Å². The number of amides is 1. The van der Waals surface area contributed by atoms with Gasteiger partial charge in [-0.2, -0.15) is 0 Å². The smallest absolute Gasteiger partial charge is 0.258 e. The zero-order chi connectivity index (χ0) is 24.1. The van der Waals surface area contributed by atoms with Crippen LogP contribution in [0, 0.1) is 0 Å². The summed E-state index contributed by atoms with van der Waals surface area (Å²) in [6, 6.07) is 22.0. The summed E-state index contributed by atoms with van der Waals surface area (Å²) in [6.07, 6.45) is 0. The molecule has 3 aromatic carbocycles. The lowest BCUT2D eigenvalue weighted by Gasteiger charge is -2.26. The van der Waals surface area contributed by atoms with E-state index in [2.05, 4.69) is 9.97 Å². The molecule has 34 heavy (non-hydrogen) atoms. The zero-order valence-electron chi connectivity index (χ0n) is 19.4. The van der Waals surface area contributed by atoms with Crippen molar-refractivity contribution in [3.05, 3.63) is 100 Å². The molecule has 1 aromatic heterocycles. The SMILES string of the molecule is COc1cc(C(=O)N(Cc2nc3ccccc3c(=O)[nH]2)C(C)C)ccc1OCc1ccccc1. The average Bonchev–Trinajstić information content (AvgIpc) is 2.86. The first-order chi connectivity index (χ1) is 16.5. The summed E-state index contributed by atoms with van der Waals surface area (Å²) < 4.78 is 11.4. The quantitative estimate of drug-likeness (QED) is 0.419. The highest BCUT2D eigenvalue weighted by molar-refractivity contribution is 5.95. The number of aromatic amines is 1. The number of carbonyl (C=O) groups excluding carboxylic acids is 1. The second kappa shape index (κ2) is 10.2. The Bertz CT molecular complexity index is 1350. The highest BCUT2D eigenvalue weighted by Crippen LogP contribution is 2.29. The summed E-state index contributed by atoms with van der Waals surface area (Å²) in [7, 11) is 1.54. The average molecular weight is 458 g/mol. The van der Waals surface area contributed by atoms with E-state index in [9.17, 15) is 9.59 Å². The number of hydrogen-bond donors (Lipinski definition) is 1. The van der Waals surface area contributed by atoms with Gasteiger partial charge in [-0.15, -0.1) is 0 Å². The maximum atomic E-state index is 13.4. The number of para-hydroxylation sites is 1. The molecule has 1 amide bonds. The Kier molecular flexibility index (Phi) is 6.92. The van der Waals surface area contributed by atoms with Crippen LogP contribution in [-0.2, 0) is 13.2 Å². The Labute approximate surface area is 198 Å². The maximum absolute atomic E-state index is 13.4. The lowest BCUT2D eigenvalue weighted by atomic mass is 10.1. The topological polar surface area (TPSA) is 84.5 Å². The summed E-state index contributed by atoms with van der Waals surface area (Å²) in [5.41, 5.74) is 1.87. The molecule has 1 N–H and O–H groups in total. The third-order valence-corrected chi connectivity index (χ3v) is 5.51. The fraction of sp³-hybridized carbons (Fsp3) is 0.222. The van der Waals surface area contributed by atoms with Gasteiger partial charge in [0.1, 0.15) is 12.4 Å². The van der Waals surface area contributed by atoms with Crippen LogP contribution in [0.2, 0.25) is 0 Å². The Morgan fingerprint density at radius 2 is 1.74 bits per heavy atom. The molecule has 7 nitrogen and oxygen atoms in total. The molecule has 7 heteroatoms. The standard InChI is InChI=1S/C27H27N3O4/c1-18(2)30(16-25-28-22-12-8-7-11-21(22)26(31)29-25)27(32)20-13-14-23(24(15-20)33-3)34-17-19-9-5-4-6-10-19/h4-15,18H,16-17H2,1-3H3,(H,28,29,31). The molecule has 1 heterocycles. The molecule has 4 aromatic rings. The van der Waals surface area contributed by atoms with Gasteiger partial charge in [0.15, 0.2) is 11.5 Å². The lowest BCUT2D eigenvalue weighted by Crippen LogP contribution is -2.37. The Morgan fingerprint density at radius 3 is 2.47 bits per heavy atom. The monoisotopic (exact) mass is 457 g/mol. The molecule has 0 atom stereocenters. The van der Waals surface area contributed by atoms with Gasteiger partial charge in [-0.1, -0.05) is 42.5 Å². The second-order valence-corrected chi connectivity index (χ2v) is 8.20. The van der Waals surface area contributed by atoms with Crippen molar-refractivity contribution in [2.45, 2.75) is 33.0 Å². The normalized spacial score (nSPS) is 10.9. The highest BCUT2D eigenvalue weighted by Gasteiger charge is 2.22. The number of carbonyl (C=O) groups is 1. The summed E-state index contributed by atoms with van der Waals surface area (Å²) in [5, 5.41) is 0.518. The third kappa shape index (κ3) is 5.09. The van der Waals surface area contributed by atoms with Crippen LogP contribution in [0.3, 0.4) is 0 Å². The summed E-state index contributed by atoms with van der Waals surface area (Å²) in [5.74, 6) is 1.27. The van der Waals surface area contributed by atoms with Crippen molar-refractivity contribution in [2.75, 3.05) is 7.11 Å². The summed E-state index contributed by atoms with van der Waals surface area (Å²) >= 11 is 0. The van der Waals surface area contributed by atoms with Crippen LogP contribution in [0.25, 0.3) is 10.9 Å². The van der Waals surface area contributed by atoms with E-state index in [1.807, 2.05) is 50.2 Å². The number of methoxy groups -OCH3 is 1. The van der Waals surface area contributed by atoms with Gasteiger partial charge in [0.25, 0.3) is 11.5 Å². The van der Waals surface area contributed by atoms with Crippen molar-refractivity contribution in [1.29, 1.82) is 0 Å². The van der Waals surface area contributed by atoms with Gasteiger partial charge < -0.3 is 19.4 Å². The number of hydrogen-bond acceptors (Lipinski definition) is 5. The third-order valence-electron chi connectivity index (χ3n) is 5.51. The lowest BCUT2D eigenvalue weighted by molar-refractivity contribution is 0.0684. The summed E-state index contributed by atoms with van der Waals surface area (Å²) in [4.78, 5) is 34.9. The molecule has 0 saturated heterocycles. The van der Waals surface area contributed by atoms with E-state index < -0.39 is 0 Å². The summed E-state index contributed by atoms with van der Waals surface area (Å²) in [6.45, 7) is 4.41. The Balaban J connectivity index is 1.56. The molecule has 174 valence electrons. The van der Waals surface area contributed by atoms with Gasteiger partial charge in [0.05, 0.1) is 24.6 Å². The van der Waals surface area contributed by atoms with Crippen molar-refractivity contribution in [3.8, 4) is 11.5 Å². The highest BCUT2D eigenvalue weighted by atomic mass is 16.5. The van der Waals surface area contributed by atoms with Gasteiger partial charge in [0, 0.05) is 11.6 Å². The fourth-order valence-electron chi connectivity index (χ4n) is 3.68. The van der Waals surface area contributed by atoms with Crippen LogP contribution in [-0.4, -0.2) is 33.9 Å². The van der Waals surface area contributed by atoms with E-state index >= 15 is 0 Å². The minimum atomic E-state index is -0.224. The zero-order valence-corrected chi connectivity index (χ0v) is 19.4. The first-order valence-electron chi connectivity index (χ1n) is 11.1. The molecule has 0 saturated carbocycles. The van der Waals surface area contributed by atoms with Gasteiger partial charge in [-0.3, -0.25) is 9.59 Å². The number of benzene rings is 3. The Hall–Kier alpha value is -4.13. The number of fused-ring (bicyclic) bond motifs is 1. The first-order valence-corrected chi connectivity index (χ1v) is 11.1. The van der Waals surface area contributed by atoms with Crippen LogP contribution in [0.15, 0.2) is 77.6 Å². The molecule has 0 fully saturated rings. The van der Waals surface area contributed by atoms with Crippen molar-refractivity contribution >= 4 is 16.8 Å². The van der Waals surface area contributed by atoms with E-state index in [1.54, 1.807) is 48.4 Å². The van der Waals surface area contributed by atoms with Crippen molar-refractivity contribution in [1.82, 2.24) is 14.9 Å². The second-order valence-electron chi connectivity index (χ2n) is 8.20. The van der Waals surface area contributed by atoms with E-state index in [0.717, 1.165) is 5.56 Å². The van der Waals surface area contributed by atoms with Gasteiger partial charge in [-0.25, -0.2) is 4.98 Å². The molecule has 0 unspecified atom stereocenters. The van der Waals surface area contributed by atoms with Crippen molar-refractivity contribution in [2.24, 2.45) is 0 Å². The van der Waals surface area contributed by atoms with Crippen LogP contribution in [0.4, 0.5) is 0 Å². The molecule has 4 rings (SSSR count). The van der Waals surface area contributed by atoms with Crippen LogP contribution < -0.4 is 15.0 Å². The maximum Gasteiger partial charge on any atom is 0.258 e. The number of nitrogens with zero attached hydrogens (tertiary/aromatic N) is 2. The molecular formula is C27H27N3O4. The molecular weight excluding hydrogens is 430 g/mol. The number of ether oxygens (including phenoxy) is 2. The van der Waals surface area contributed by atoms with E-state index in [-0.39, 0.29) is 24.1 Å². The van der Waals surface area contributed by atoms with E-state index in [1.165, 1.54) is 0 Å². The molecule has 0 spiro atoms. The number of rotatable bonds is 8. The van der Waals surface area contributed by atoms with Crippen LogP contribution >= 0.6 is 0 Å². The number of H-pyrrole nitrogens is 1. The predicted molar refractivity (Wildman–Crippen MR) is 131 cm³/mol. The van der Waals surface area contributed by atoms with E-state index in [0.29, 0.717) is 40.4 Å². The van der Waals surface area contributed by atoms with Gasteiger partial charge in [0.2, 0.25) is 0 Å². The van der Waals surface area contributed by atoms with Crippen LogP contribution in [0.5, 0.6) is 11.5 Å². The molecule has 0 aliphatic heterocycles. The molecule has 0 aliphatic rings. The largest absolute Gasteiger partial charge is 0.493 e. The van der Waals surface area contributed by atoms with E-state index in [4.69, 9.17) is 9.47 Å². The van der Waals surface area contributed by atoms with Crippen molar-refractivity contribution in [3.63, 3.8) is 0 Å². The van der Waals surface area contributed by atoms with Gasteiger partial charge >= 0.3 is 0 Å². The molecule has 0 bridgehead atoms. The molecule has 0 radical (unpaired) electrons. The minimum Gasteiger partial charge on any atom is -0.493 e. The number of aromatic nitrogens is 2. The molecule has 0 aliphatic carbocycles. The first kappa shape index (κ1) is 23.0. The van der Waals surface area contributed by atoms with Crippen LogP contribution in [0.1, 0.15) is 35.6 Å². The predicted octanol–water partition coefficient (Wildman–Crippen LogP) is 4.56. The number of nitrogens with one attached hydrogen (secondary N) is 1. The fourth-order valence-corrected chi connectivity index (χ4v) is 3.68. The Morgan fingerprint density at radius 1 is 1.00 bits per heavy atom. The van der Waals surface area contributed by atoms with Gasteiger partial charge in [-0.05, 0) is 49.7 Å². The minimum absolute atomic E-state index is 0.121.